The molecule has 0 amide bonds. The highest BCUT2D eigenvalue weighted by Gasteiger charge is 2.17. The van der Waals surface area contributed by atoms with E-state index in [1.54, 1.807) is 31.4 Å². The van der Waals surface area contributed by atoms with Gasteiger partial charge in [0.2, 0.25) is 0 Å². The Morgan fingerprint density at radius 2 is 2.03 bits per heavy atom. The number of halogens is 2. The molecule has 2 aromatic carbocycles. The predicted molar refractivity (Wildman–Crippen MR) is 135 cm³/mol. The molecule has 0 saturated heterocycles. The molecule has 0 atom stereocenters. The molecule has 6 nitrogen and oxygen atoms in total. The van der Waals surface area contributed by atoms with Crippen molar-refractivity contribution in [3.63, 3.8) is 0 Å². The highest BCUT2D eigenvalue weighted by atomic mass is 35.5. The summed E-state index contributed by atoms with van der Waals surface area (Å²) in [7, 11) is 3.45. The van der Waals surface area contributed by atoms with Gasteiger partial charge in [-0.15, -0.1) is 13.2 Å². The van der Waals surface area contributed by atoms with Crippen molar-refractivity contribution < 1.29 is 13.9 Å². The van der Waals surface area contributed by atoms with Crippen molar-refractivity contribution in [2.75, 3.05) is 32.6 Å². The summed E-state index contributed by atoms with van der Waals surface area (Å²) in [5.74, 6) is 0.521. The molecule has 0 fully saturated rings. The average molecular weight is 481 g/mol. The molecule has 34 heavy (non-hydrogen) atoms. The SMILES string of the molecule is C=CCCOc1cc2c(Nc3cc(Cl)c(F)cc3CN(C)CC=C)c(C#N)cnc2cc1OC. The highest BCUT2D eigenvalue weighted by Crippen LogP contribution is 2.38. The summed E-state index contributed by atoms with van der Waals surface area (Å²) in [5.41, 5.74) is 2.69. The van der Waals surface area contributed by atoms with Crippen LogP contribution >= 0.6 is 11.6 Å². The fourth-order valence-corrected chi connectivity index (χ4v) is 3.65. The Kier molecular flexibility index (Phi) is 8.47. The lowest BCUT2D eigenvalue weighted by molar-refractivity contribution is 0.300. The van der Waals surface area contributed by atoms with E-state index in [2.05, 4.69) is 29.5 Å². The number of likely N-dealkylation sites (N-methyl/N-ethyl adjacent to an activating group) is 1. The fraction of sp³-hybridized carbons (Fsp3) is 0.231. The summed E-state index contributed by atoms with van der Waals surface area (Å²) in [5, 5.41) is 13.7. The van der Waals surface area contributed by atoms with Gasteiger partial charge in [-0.1, -0.05) is 23.8 Å². The summed E-state index contributed by atoms with van der Waals surface area (Å²) in [6, 6.07) is 8.62. The number of hydrogen-bond acceptors (Lipinski definition) is 6. The first kappa shape index (κ1) is 25.0. The molecular weight excluding hydrogens is 455 g/mol. The first-order valence-electron chi connectivity index (χ1n) is 10.6. The van der Waals surface area contributed by atoms with Crippen molar-refractivity contribution >= 4 is 33.9 Å². The van der Waals surface area contributed by atoms with Crippen molar-refractivity contribution in [3.05, 3.63) is 77.7 Å². The second-order valence-electron chi connectivity index (χ2n) is 7.64. The van der Waals surface area contributed by atoms with Gasteiger partial charge in [0.05, 0.1) is 35.5 Å². The zero-order chi connectivity index (χ0) is 24.7. The second-order valence-corrected chi connectivity index (χ2v) is 8.05. The van der Waals surface area contributed by atoms with Crippen LogP contribution in [0.3, 0.4) is 0 Å². The van der Waals surface area contributed by atoms with Gasteiger partial charge in [0.15, 0.2) is 11.5 Å². The van der Waals surface area contributed by atoms with E-state index in [0.717, 1.165) is 0 Å². The van der Waals surface area contributed by atoms with Crippen molar-refractivity contribution in [2.24, 2.45) is 0 Å². The summed E-state index contributed by atoms with van der Waals surface area (Å²) >= 11 is 6.11. The minimum Gasteiger partial charge on any atom is -0.493 e. The van der Waals surface area contributed by atoms with Crippen LogP contribution in [0.25, 0.3) is 10.9 Å². The number of benzene rings is 2. The highest BCUT2D eigenvalue weighted by molar-refractivity contribution is 6.31. The molecule has 1 heterocycles. The third-order valence-electron chi connectivity index (χ3n) is 5.14. The number of ether oxygens (including phenoxy) is 2. The number of nitrogens with zero attached hydrogens (tertiary/aromatic N) is 3. The molecule has 0 radical (unpaired) electrons. The van der Waals surface area contributed by atoms with Gasteiger partial charge in [-0.05, 0) is 37.2 Å². The molecule has 1 aromatic heterocycles. The number of pyridine rings is 1. The number of nitriles is 1. The van der Waals surface area contributed by atoms with Gasteiger partial charge in [0.25, 0.3) is 0 Å². The minimum atomic E-state index is -0.517. The summed E-state index contributed by atoms with van der Waals surface area (Å²) in [6.45, 7) is 8.94. The molecule has 1 N–H and O–H groups in total. The van der Waals surface area contributed by atoms with Crippen LogP contribution in [0.15, 0.2) is 55.8 Å². The van der Waals surface area contributed by atoms with E-state index < -0.39 is 5.82 Å². The summed E-state index contributed by atoms with van der Waals surface area (Å²) in [6.07, 6.45) is 5.68. The molecule has 3 rings (SSSR count). The Morgan fingerprint density at radius 1 is 1.24 bits per heavy atom. The lowest BCUT2D eigenvalue weighted by Gasteiger charge is -2.20. The maximum Gasteiger partial charge on any atom is 0.162 e. The van der Waals surface area contributed by atoms with Crippen molar-refractivity contribution in [3.8, 4) is 17.6 Å². The van der Waals surface area contributed by atoms with Crippen LogP contribution in [-0.4, -0.2) is 37.2 Å². The van der Waals surface area contributed by atoms with Gasteiger partial charge in [0.1, 0.15) is 11.9 Å². The largest absolute Gasteiger partial charge is 0.493 e. The number of nitrogens with one attached hydrogen (secondary N) is 1. The van der Waals surface area contributed by atoms with E-state index in [-0.39, 0.29) is 5.02 Å². The minimum absolute atomic E-state index is 0.0235. The Hall–Kier alpha value is -3.60. The van der Waals surface area contributed by atoms with Crippen LogP contribution in [0, 0.1) is 17.1 Å². The van der Waals surface area contributed by atoms with Gasteiger partial charge in [-0.2, -0.15) is 5.26 Å². The maximum atomic E-state index is 14.3. The molecule has 176 valence electrons. The average Bonchev–Trinajstić information content (AvgIpc) is 2.82. The third-order valence-corrected chi connectivity index (χ3v) is 5.43. The number of rotatable bonds is 11. The van der Waals surface area contributed by atoms with Gasteiger partial charge in [0, 0.05) is 36.4 Å². The van der Waals surface area contributed by atoms with E-state index in [1.165, 1.54) is 18.3 Å². The standard InChI is InChI=1S/C26H26ClFN4O2/c1-5-7-9-34-25-11-19-23(13-24(25)33-4)30-15-18(14-29)26(19)31-22-12-20(27)21(28)10-17(22)16-32(3)8-6-2/h5-6,10-13,15H,1-2,7-9,16H2,3-4H3,(H,30,31). The molecule has 0 aliphatic rings. The normalized spacial score (nSPS) is 10.7. The number of anilines is 2. The van der Waals surface area contributed by atoms with Crippen LogP contribution in [0.4, 0.5) is 15.8 Å². The molecule has 0 aliphatic carbocycles. The number of fused-ring (bicyclic) bond motifs is 1. The maximum absolute atomic E-state index is 14.3. The van der Waals surface area contributed by atoms with E-state index in [0.29, 0.717) is 71.0 Å². The second kappa shape index (κ2) is 11.5. The number of aromatic nitrogens is 1. The van der Waals surface area contributed by atoms with Gasteiger partial charge in [-0.3, -0.25) is 9.88 Å². The van der Waals surface area contributed by atoms with Crippen molar-refractivity contribution in [2.45, 2.75) is 13.0 Å². The zero-order valence-electron chi connectivity index (χ0n) is 19.2. The van der Waals surface area contributed by atoms with Crippen LogP contribution < -0.4 is 14.8 Å². The number of hydrogen-bond donors (Lipinski definition) is 1. The molecule has 0 bridgehead atoms. The number of methoxy groups -OCH3 is 1. The van der Waals surface area contributed by atoms with E-state index >= 15 is 0 Å². The van der Waals surface area contributed by atoms with E-state index in [4.69, 9.17) is 21.1 Å². The smallest absolute Gasteiger partial charge is 0.162 e. The first-order chi connectivity index (χ1) is 16.4. The quantitative estimate of drug-likeness (QED) is 0.259. The molecule has 3 aromatic rings. The van der Waals surface area contributed by atoms with Crippen LogP contribution in [0.5, 0.6) is 11.5 Å². The fourth-order valence-electron chi connectivity index (χ4n) is 3.49. The van der Waals surface area contributed by atoms with Crippen LogP contribution in [0.1, 0.15) is 17.5 Å². The Morgan fingerprint density at radius 3 is 2.71 bits per heavy atom. The molecule has 0 saturated carbocycles. The molecular formula is C26H26ClFN4O2. The predicted octanol–water partition coefficient (Wildman–Crippen LogP) is 6.22. The third kappa shape index (κ3) is 5.66. The topological polar surface area (TPSA) is 70.4 Å². The summed E-state index contributed by atoms with van der Waals surface area (Å²) < 4.78 is 25.7. The summed E-state index contributed by atoms with van der Waals surface area (Å²) in [4.78, 5) is 6.39. The van der Waals surface area contributed by atoms with E-state index in [1.807, 2.05) is 11.9 Å². The monoisotopic (exact) mass is 480 g/mol. The lowest BCUT2D eigenvalue weighted by atomic mass is 10.1. The van der Waals surface area contributed by atoms with Crippen LogP contribution in [-0.2, 0) is 6.54 Å². The van der Waals surface area contributed by atoms with Gasteiger partial charge in [-0.25, -0.2) is 4.39 Å². The van der Waals surface area contributed by atoms with Gasteiger partial charge >= 0.3 is 0 Å². The van der Waals surface area contributed by atoms with Crippen LogP contribution in [0.2, 0.25) is 5.02 Å². The molecule has 0 unspecified atom stereocenters. The van der Waals surface area contributed by atoms with E-state index in [9.17, 15) is 9.65 Å². The lowest BCUT2D eigenvalue weighted by Crippen LogP contribution is -2.18. The Labute approximate surface area is 203 Å². The van der Waals surface area contributed by atoms with Crippen molar-refractivity contribution in [1.82, 2.24) is 9.88 Å². The molecule has 0 aliphatic heterocycles. The molecule has 0 spiro atoms. The van der Waals surface area contributed by atoms with Gasteiger partial charge < -0.3 is 14.8 Å². The zero-order valence-corrected chi connectivity index (χ0v) is 20.0. The first-order valence-corrected chi connectivity index (χ1v) is 11.0. The Bertz CT molecular complexity index is 1260. The van der Waals surface area contributed by atoms with Crippen molar-refractivity contribution in [1.29, 1.82) is 5.26 Å². The Balaban J connectivity index is 2.14. The molecule has 8 heteroatoms.